The van der Waals surface area contributed by atoms with Gasteiger partial charge in [-0.25, -0.2) is 0 Å². The molecular weight excluding hydrogens is 255 g/mol. The molecule has 0 aliphatic carbocycles. The lowest BCUT2D eigenvalue weighted by Crippen LogP contribution is -2.43. The van der Waals surface area contributed by atoms with Gasteiger partial charge in [0.15, 0.2) is 0 Å². The normalized spacial score (nSPS) is 24.9. The van der Waals surface area contributed by atoms with Crippen LogP contribution in [0.1, 0.15) is 38.4 Å². The highest BCUT2D eigenvalue weighted by Crippen LogP contribution is 2.34. The summed E-state index contributed by atoms with van der Waals surface area (Å²) < 4.78 is 40.0. The second kappa shape index (κ2) is 5.53. The van der Waals surface area contributed by atoms with Crippen LogP contribution in [0.5, 0.6) is 0 Å². The first kappa shape index (κ1) is 14.4. The average Bonchev–Trinajstić information content (AvgIpc) is 2.77. The van der Waals surface area contributed by atoms with E-state index >= 15 is 0 Å². The molecule has 0 radical (unpaired) electrons. The quantitative estimate of drug-likeness (QED) is 0.919. The van der Waals surface area contributed by atoms with Crippen LogP contribution < -0.4 is 5.32 Å². The maximum absolute atomic E-state index is 12.7. The van der Waals surface area contributed by atoms with Crippen molar-refractivity contribution in [3.8, 4) is 0 Å². The van der Waals surface area contributed by atoms with Gasteiger partial charge in [0.2, 0.25) is 0 Å². The summed E-state index contributed by atoms with van der Waals surface area (Å²) in [4.78, 5) is 0. The van der Waals surface area contributed by atoms with E-state index in [9.17, 15) is 13.2 Å². The fourth-order valence-electron chi connectivity index (χ4n) is 2.49. The number of rotatable bonds is 3. The monoisotopic (exact) mass is 275 g/mol. The number of aromatic nitrogens is 2. The number of hydrogen-bond donors (Lipinski definition) is 1. The van der Waals surface area contributed by atoms with Crippen molar-refractivity contribution in [2.45, 2.75) is 51.4 Å². The third kappa shape index (κ3) is 3.72. The van der Waals surface area contributed by atoms with Crippen LogP contribution in [-0.2, 0) is 6.42 Å². The molecule has 1 N–H and O–H groups in total. The molecule has 0 saturated carbocycles. The van der Waals surface area contributed by atoms with Gasteiger partial charge in [-0.2, -0.15) is 18.3 Å². The van der Waals surface area contributed by atoms with Crippen molar-refractivity contribution >= 4 is 0 Å². The first-order valence-corrected chi connectivity index (χ1v) is 6.70. The fraction of sp³-hybridized carbons (Fsp3) is 0.769. The minimum Gasteiger partial charge on any atom is -0.314 e. The molecule has 1 aromatic heterocycles. The third-order valence-corrected chi connectivity index (χ3v) is 3.61. The van der Waals surface area contributed by atoms with Gasteiger partial charge in [0.25, 0.3) is 0 Å². The molecule has 3 nitrogen and oxygen atoms in total. The molecule has 19 heavy (non-hydrogen) atoms. The molecule has 0 spiro atoms. The van der Waals surface area contributed by atoms with Gasteiger partial charge < -0.3 is 5.32 Å². The second-order valence-electron chi connectivity index (χ2n) is 5.50. The Hall–Kier alpha value is -1.04. The van der Waals surface area contributed by atoms with Crippen LogP contribution in [0.15, 0.2) is 12.3 Å². The van der Waals surface area contributed by atoms with E-state index in [2.05, 4.69) is 10.4 Å². The summed E-state index contributed by atoms with van der Waals surface area (Å²) in [5.41, 5.74) is 0.856. The Kier molecular flexibility index (Phi) is 4.18. The predicted octanol–water partition coefficient (Wildman–Crippen LogP) is 2.94. The Morgan fingerprint density at radius 1 is 1.47 bits per heavy atom. The van der Waals surface area contributed by atoms with E-state index in [1.165, 1.54) is 0 Å². The lowest BCUT2D eigenvalue weighted by Gasteiger charge is -2.31. The molecule has 0 amide bonds. The van der Waals surface area contributed by atoms with Gasteiger partial charge in [-0.05, 0) is 39.3 Å². The highest BCUT2D eigenvalue weighted by atomic mass is 19.4. The zero-order chi connectivity index (χ0) is 14.0. The Balaban J connectivity index is 1.95. The lowest BCUT2D eigenvalue weighted by molar-refractivity contribution is -0.183. The zero-order valence-electron chi connectivity index (χ0n) is 11.2. The van der Waals surface area contributed by atoms with E-state index in [1.807, 2.05) is 30.8 Å². The Labute approximate surface area is 111 Å². The first-order chi connectivity index (χ1) is 8.86. The van der Waals surface area contributed by atoms with Gasteiger partial charge >= 0.3 is 6.18 Å². The highest BCUT2D eigenvalue weighted by molar-refractivity contribution is 5.03. The van der Waals surface area contributed by atoms with Gasteiger partial charge in [-0.15, -0.1) is 0 Å². The van der Waals surface area contributed by atoms with Crippen LogP contribution in [0.25, 0.3) is 0 Å². The average molecular weight is 275 g/mol. The summed E-state index contributed by atoms with van der Waals surface area (Å²) in [6.45, 7) is 4.48. The predicted molar refractivity (Wildman–Crippen MR) is 66.9 cm³/mol. The van der Waals surface area contributed by atoms with Crippen LogP contribution in [0.2, 0.25) is 0 Å². The summed E-state index contributed by atoms with van der Waals surface area (Å²) in [5, 5.41) is 7.55. The fourth-order valence-corrected chi connectivity index (χ4v) is 2.49. The zero-order valence-corrected chi connectivity index (χ0v) is 11.2. The minimum atomic E-state index is -4.07. The van der Waals surface area contributed by atoms with Gasteiger partial charge in [-0.1, -0.05) is 0 Å². The number of nitrogens with one attached hydrogen (secondary N) is 1. The SMILES string of the molecule is CC(C)n1ccc(CC2CC(C(F)(F)F)CCN2)n1. The Morgan fingerprint density at radius 3 is 2.79 bits per heavy atom. The number of hydrogen-bond acceptors (Lipinski definition) is 2. The number of halogens is 3. The Morgan fingerprint density at radius 2 is 2.21 bits per heavy atom. The Bertz CT molecular complexity index is 412. The van der Waals surface area contributed by atoms with Crippen molar-refractivity contribution < 1.29 is 13.2 Å². The maximum atomic E-state index is 12.7. The van der Waals surface area contributed by atoms with Crippen molar-refractivity contribution in [1.29, 1.82) is 0 Å². The largest absolute Gasteiger partial charge is 0.391 e. The van der Waals surface area contributed by atoms with Gasteiger partial charge in [0.05, 0.1) is 11.6 Å². The lowest BCUT2D eigenvalue weighted by atomic mass is 9.90. The van der Waals surface area contributed by atoms with Crippen molar-refractivity contribution in [3.05, 3.63) is 18.0 Å². The van der Waals surface area contributed by atoms with E-state index < -0.39 is 12.1 Å². The van der Waals surface area contributed by atoms with Crippen molar-refractivity contribution in [3.63, 3.8) is 0 Å². The van der Waals surface area contributed by atoms with Gasteiger partial charge in [0.1, 0.15) is 0 Å². The van der Waals surface area contributed by atoms with Crippen LogP contribution in [0.4, 0.5) is 13.2 Å². The van der Waals surface area contributed by atoms with Crippen LogP contribution in [-0.4, -0.2) is 28.5 Å². The number of piperidine rings is 1. The smallest absolute Gasteiger partial charge is 0.314 e. The van der Waals surface area contributed by atoms with Crippen molar-refractivity contribution in [2.24, 2.45) is 5.92 Å². The molecule has 0 bridgehead atoms. The molecule has 0 aromatic carbocycles. The van der Waals surface area contributed by atoms with Crippen LogP contribution in [0, 0.1) is 5.92 Å². The van der Waals surface area contributed by atoms with Crippen LogP contribution in [0.3, 0.4) is 0 Å². The molecule has 1 saturated heterocycles. The van der Waals surface area contributed by atoms with E-state index in [4.69, 9.17) is 0 Å². The van der Waals surface area contributed by atoms with E-state index in [1.54, 1.807) is 0 Å². The molecular formula is C13H20F3N3. The topological polar surface area (TPSA) is 29.9 Å². The molecule has 2 atom stereocenters. The minimum absolute atomic E-state index is 0.129. The molecule has 2 heterocycles. The van der Waals surface area contributed by atoms with Gasteiger partial charge in [-0.3, -0.25) is 4.68 Å². The van der Waals surface area contributed by atoms with E-state index in [-0.39, 0.29) is 24.9 Å². The van der Waals surface area contributed by atoms with E-state index in [0.717, 1.165) is 5.69 Å². The molecule has 2 unspecified atom stereocenters. The van der Waals surface area contributed by atoms with E-state index in [0.29, 0.717) is 13.0 Å². The molecule has 108 valence electrons. The number of alkyl halides is 3. The van der Waals surface area contributed by atoms with Gasteiger partial charge in [0, 0.05) is 24.7 Å². The van der Waals surface area contributed by atoms with Crippen LogP contribution >= 0.6 is 0 Å². The summed E-state index contributed by atoms with van der Waals surface area (Å²) >= 11 is 0. The summed E-state index contributed by atoms with van der Waals surface area (Å²) in [5.74, 6) is -1.18. The molecule has 6 heteroatoms. The molecule has 1 aliphatic heterocycles. The molecule has 1 aliphatic rings. The standard InChI is InChI=1S/C13H20F3N3/c1-9(2)19-6-4-11(18-19)8-12-7-10(3-5-17-12)13(14,15)16/h4,6,9-10,12,17H,3,5,7-8H2,1-2H3. The first-order valence-electron chi connectivity index (χ1n) is 6.70. The summed E-state index contributed by atoms with van der Waals surface area (Å²) in [6, 6.07) is 2.03. The number of nitrogens with zero attached hydrogens (tertiary/aromatic N) is 2. The van der Waals surface area contributed by atoms with Crippen molar-refractivity contribution in [1.82, 2.24) is 15.1 Å². The third-order valence-electron chi connectivity index (χ3n) is 3.61. The summed E-state index contributed by atoms with van der Waals surface area (Å²) in [7, 11) is 0. The highest BCUT2D eigenvalue weighted by Gasteiger charge is 2.42. The summed E-state index contributed by atoms with van der Waals surface area (Å²) in [6.07, 6.45) is -1.30. The maximum Gasteiger partial charge on any atom is 0.391 e. The molecule has 2 rings (SSSR count). The van der Waals surface area contributed by atoms with Crippen molar-refractivity contribution in [2.75, 3.05) is 6.54 Å². The molecule has 1 aromatic rings. The molecule has 1 fully saturated rings. The second-order valence-corrected chi connectivity index (χ2v) is 5.50.